The van der Waals surface area contributed by atoms with Crippen molar-refractivity contribution in [2.24, 2.45) is 0 Å². The zero-order chi connectivity index (χ0) is 19.6. The summed E-state index contributed by atoms with van der Waals surface area (Å²) in [6.07, 6.45) is 1.62. The second-order valence-corrected chi connectivity index (χ2v) is 6.88. The van der Waals surface area contributed by atoms with Crippen LogP contribution < -0.4 is 4.74 Å². The third-order valence-corrected chi connectivity index (χ3v) is 5.03. The molecule has 2 amide bonds. The van der Waals surface area contributed by atoms with E-state index in [0.717, 1.165) is 27.8 Å². The first-order chi connectivity index (χ1) is 12.9. The molecule has 0 aliphatic carbocycles. The summed E-state index contributed by atoms with van der Waals surface area (Å²) >= 11 is 0.816. The fraction of sp³-hybridized carbons (Fsp3) is 0.158. The van der Waals surface area contributed by atoms with E-state index in [-0.39, 0.29) is 17.1 Å². The van der Waals surface area contributed by atoms with Crippen LogP contribution in [0.2, 0.25) is 0 Å². The van der Waals surface area contributed by atoms with Crippen molar-refractivity contribution in [3.8, 4) is 5.75 Å². The highest BCUT2D eigenvalue weighted by Crippen LogP contribution is 2.35. The molecule has 0 radical (unpaired) electrons. The number of nitro groups is 1. The van der Waals surface area contributed by atoms with Crippen molar-refractivity contribution >= 4 is 34.7 Å². The minimum absolute atomic E-state index is 0.121. The van der Waals surface area contributed by atoms with Crippen molar-refractivity contribution in [3.05, 3.63) is 74.2 Å². The van der Waals surface area contributed by atoms with Gasteiger partial charge >= 0.3 is 0 Å². The van der Waals surface area contributed by atoms with Crippen LogP contribution in [-0.2, 0) is 11.3 Å². The highest BCUT2D eigenvalue weighted by molar-refractivity contribution is 8.18. The minimum Gasteiger partial charge on any atom is -0.496 e. The summed E-state index contributed by atoms with van der Waals surface area (Å²) in [7, 11) is 1.56. The number of nitrogens with zero attached hydrogens (tertiary/aromatic N) is 2. The van der Waals surface area contributed by atoms with Crippen LogP contribution in [0, 0.1) is 17.0 Å². The summed E-state index contributed by atoms with van der Waals surface area (Å²) in [6.45, 7) is 1.76. The number of imide groups is 1. The number of carbonyl (C=O) groups excluding carboxylic acids is 2. The third kappa shape index (κ3) is 3.85. The van der Waals surface area contributed by atoms with Gasteiger partial charge in [-0.15, -0.1) is 0 Å². The van der Waals surface area contributed by atoms with Crippen molar-refractivity contribution in [2.75, 3.05) is 7.11 Å². The highest BCUT2D eigenvalue weighted by atomic mass is 32.2. The Bertz CT molecular complexity index is 970. The topological polar surface area (TPSA) is 89.8 Å². The molecule has 2 aromatic carbocycles. The lowest BCUT2D eigenvalue weighted by molar-refractivity contribution is -0.385. The number of thioether (sulfide) groups is 1. The molecule has 8 heteroatoms. The molecule has 1 saturated heterocycles. The molecular weight excluding hydrogens is 368 g/mol. The molecule has 1 aliphatic heterocycles. The number of aryl methyl sites for hydroxylation is 1. The summed E-state index contributed by atoms with van der Waals surface area (Å²) in [5.74, 6) is 0.214. The second-order valence-electron chi connectivity index (χ2n) is 5.88. The Balaban J connectivity index is 1.87. The van der Waals surface area contributed by atoms with Gasteiger partial charge in [-0.05, 0) is 42.0 Å². The molecule has 0 aromatic heterocycles. The monoisotopic (exact) mass is 384 g/mol. The average molecular weight is 384 g/mol. The van der Waals surface area contributed by atoms with E-state index in [1.807, 2.05) is 19.1 Å². The lowest BCUT2D eigenvalue weighted by Gasteiger charge is -2.12. The fourth-order valence-corrected chi connectivity index (χ4v) is 3.55. The van der Waals surface area contributed by atoms with E-state index in [1.165, 1.54) is 12.1 Å². The fourth-order valence-electron chi connectivity index (χ4n) is 2.71. The Morgan fingerprint density at radius 3 is 2.67 bits per heavy atom. The minimum atomic E-state index is -0.525. The smallest absolute Gasteiger partial charge is 0.293 e. The number of nitro benzene ring substituents is 1. The Morgan fingerprint density at radius 1 is 1.22 bits per heavy atom. The van der Waals surface area contributed by atoms with Crippen LogP contribution >= 0.6 is 11.8 Å². The summed E-state index contributed by atoms with van der Waals surface area (Å²) in [6, 6.07) is 11.5. The van der Waals surface area contributed by atoms with E-state index < -0.39 is 16.1 Å². The molecule has 0 N–H and O–H groups in total. The maximum absolute atomic E-state index is 12.6. The largest absolute Gasteiger partial charge is 0.496 e. The number of amides is 2. The van der Waals surface area contributed by atoms with Crippen LogP contribution in [0.15, 0.2) is 47.4 Å². The van der Waals surface area contributed by atoms with Crippen molar-refractivity contribution in [3.63, 3.8) is 0 Å². The molecular formula is C19H16N2O5S. The van der Waals surface area contributed by atoms with Crippen LogP contribution in [0.1, 0.15) is 16.7 Å². The van der Waals surface area contributed by atoms with E-state index in [9.17, 15) is 19.7 Å². The molecule has 0 bridgehead atoms. The molecule has 0 saturated carbocycles. The molecule has 3 rings (SSSR count). The van der Waals surface area contributed by atoms with Crippen LogP contribution in [0.25, 0.3) is 6.08 Å². The predicted octanol–water partition coefficient (Wildman–Crippen LogP) is 4.15. The molecule has 1 aliphatic rings. The number of ether oxygens (including phenoxy) is 1. The first-order valence-electron chi connectivity index (χ1n) is 8.03. The zero-order valence-electron chi connectivity index (χ0n) is 14.7. The lowest BCUT2D eigenvalue weighted by atomic mass is 10.1. The number of benzene rings is 2. The second kappa shape index (κ2) is 7.63. The van der Waals surface area contributed by atoms with E-state index >= 15 is 0 Å². The Labute approximate surface area is 159 Å². The SMILES string of the molecule is COc1cc(/C=C2/SC(=O)N(Cc3ccccc3[N+](=O)[O-])C2=O)ccc1C. The maximum Gasteiger partial charge on any atom is 0.293 e. The quantitative estimate of drug-likeness (QED) is 0.437. The van der Waals surface area contributed by atoms with Gasteiger partial charge in [0.05, 0.1) is 23.5 Å². The molecule has 1 heterocycles. The summed E-state index contributed by atoms with van der Waals surface area (Å²) in [5.41, 5.74) is 1.87. The number of rotatable bonds is 5. The van der Waals surface area contributed by atoms with Gasteiger partial charge < -0.3 is 4.74 Å². The molecule has 7 nitrogen and oxygen atoms in total. The standard InChI is InChI=1S/C19H16N2O5S/c1-12-7-8-13(9-16(12)26-2)10-17-18(22)20(19(23)27-17)11-14-5-3-4-6-15(14)21(24)25/h3-10H,11H2,1-2H3/b17-10+. The van der Waals surface area contributed by atoms with Crippen molar-refractivity contribution in [1.29, 1.82) is 0 Å². The summed E-state index contributed by atoms with van der Waals surface area (Å²) in [5, 5.41) is 10.7. The van der Waals surface area contributed by atoms with Crippen LogP contribution in [0.4, 0.5) is 10.5 Å². The zero-order valence-corrected chi connectivity index (χ0v) is 15.5. The van der Waals surface area contributed by atoms with Gasteiger partial charge in [-0.3, -0.25) is 24.6 Å². The molecule has 27 heavy (non-hydrogen) atoms. The third-order valence-electron chi connectivity index (χ3n) is 4.12. The maximum atomic E-state index is 12.6. The highest BCUT2D eigenvalue weighted by Gasteiger charge is 2.36. The van der Waals surface area contributed by atoms with Crippen LogP contribution in [0.5, 0.6) is 5.75 Å². The van der Waals surface area contributed by atoms with E-state index in [1.54, 1.807) is 31.4 Å². The van der Waals surface area contributed by atoms with Gasteiger partial charge in [-0.2, -0.15) is 0 Å². The molecule has 0 spiro atoms. The lowest BCUT2D eigenvalue weighted by Crippen LogP contribution is -2.27. The van der Waals surface area contributed by atoms with Gasteiger partial charge in [0.1, 0.15) is 5.75 Å². The van der Waals surface area contributed by atoms with Gasteiger partial charge in [0.2, 0.25) is 0 Å². The van der Waals surface area contributed by atoms with Crippen molar-refractivity contribution < 1.29 is 19.2 Å². The first-order valence-corrected chi connectivity index (χ1v) is 8.84. The van der Waals surface area contributed by atoms with Crippen molar-refractivity contribution in [1.82, 2.24) is 4.90 Å². The molecule has 138 valence electrons. The van der Waals surface area contributed by atoms with Crippen molar-refractivity contribution in [2.45, 2.75) is 13.5 Å². The van der Waals surface area contributed by atoms with Gasteiger partial charge in [0.15, 0.2) is 0 Å². The van der Waals surface area contributed by atoms with Gasteiger partial charge in [0, 0.05) is 11.6 Å². The van der Waals surface area contributed by atoms with E-state index in [0.29, 0.717) is 11.3 Å². The number of hydrogen-bond acceptors (Lipinski definition) is 6. The predicted molar refractivity (Wildman–Crippen MR) is 102 cm³/mol. The Hall–Kier alpha value is -3.13. The molecule has 1 fully saturated rings. The van der Waals surface area contributed by atoms with Gasteiger partial charge in [-0.25, -0.2) is 0 Å². The molecule has 2 aromatic rings. The Kier molecular flexibility index (Phi) is 5.27. The average Bonchev–Trinajstić information content (AvgIpc) is 2.91. The van der Waals surface area contributed by atoms with Crippen LogP contribution in [0.3, 0.4) is 0 Å². The van der Waals surface area contributed by atoms with E-state index in [2.05, 4.69) is 0 Å². The summed E-state index contributed by atoms with van der Waals surface area (Å²) in [4.78, 5) is 36.8. The number of para-hydroxylation sites is 1. The molecule has 0 unspecified atom stereocenters. The summed E-state index contributed by atoms with van der Waals surface area (Å²) < 4.78 is 5.27. The molecule has 0 atom stereocenters. The van der Waals surface area contributed by atoms with Gasteiger partial charge in [-0.1, -0.05) is 30.3 Å². The Morgan fingerprint density at radius 2 is 1.96 bits per heavy atom. The number of methoxy groups -OCH3 is 1. The normalized spacial score (nSPS) is 15.5. The van der Waals surface area contributed by atoms with Gasteiger partial charge in [0.25, 0.3) is 16.8 Å². The first kappa shape index (κ1) is 18.7. The van der Waals surface area contributed by atoms with E-state index in [4.69, 9.17) is 4.74 Å². The van der Waals surface area contributed by atoms with Crippen LogP contribution in [-0.4, -0.2) is 28.1 Å². The number of carbonyl (C=O) groups is 2. The number of hydrogen-bond donors (Lipinski definition) is 0.